The molecule has 12 nitrogen and oxygen atoms in total. The maximum absolute atomic E-state index is 13.6. The number of aliphatic hydroxyl groups excluding tert-OH is 3. The number of nitrogens with zero attached hydrogens (tertiary/aromatic N) is 1. The van der Waals surface area contributed by atoms with E-state index in [1.807, 2.05) is 28.7 Å². The molecule has 0 fully saturated rings. The Morgan fingerprint density at radius 1 is 1.12 bits per heavy atom. The van der Waals surface area contributed by atoms with Gasteiger partial charge in [-0.15, -0.1) is 0 Å². The van der Waals surface area contributed by atoms with Crippen LogP contribution >= 0.6 is 22.6 Å². The molecule has 228 valence electrons. The van der Waals surface area contributed by atoms with E-state index in [2.05, 4.69) is 5.32 Å². The number of methoxy groups -OCH3 is 2. The summed E-state index contributed by atoms with van der Waals surface area (Å²) in [6.07, 6.45) is -0.658. The molecule has 3 unspecified atom stereocenters. The molecule has 1 aliphatic carbocycles. The quantitative estimate of drug-likeness (QED) is 0.226. The molecule has 1 aliphatic heterocycles. The van der Waals surface area contributed by atoms with Gasteiger partial charge in [-0.25, -0.2) is 0 Å². The van der Waals surface area contributed by atoms with Crippen LogP contribution in [-0.2, 0) is 27.5 Å². The first-order valence-corrected chi connectivity index (χ1v) is 14.5. The second-order valence-electron chi connectivity index (χ2n) is 9.74. The zero-order valence-corrected chi connectivity index (χ0v) is 25.5. The predicted molar refractivity (Wildman–Crippen MR) is 158 cm³/mol. The molecule has 2 amide bonds. The topological polar surface area (TPSA) is 156 Å². The summed E-state index contributed by atoms with van der Waals surface area (Å²) >= 11 is 2.05. The van der Waals surface area contributed by atoms with Crippen LogP contribution in [-0.4, -0.2) is 91.1 Å². The summed E-state index contributed by atoms with van der Waals surface area (Å²) in [6, 6.07) is 7.85. The van der Waals surface area contributed by atoms with Crippen molar-refractivity contribution < 1.29 is 48.6 Å². The maximum atomic E-state index is 13.6. The van der Waals surface area contributed by atoms with Crippen molar-refractivity contribution in [2.45, 2.75) is 44.2 Å². The minimum absolute atomic E-state index is 0.0386. The third-order valence-electron chi connectivity index (χ3n) is 6.97. The zero-order valence-electron chi connectivity index (χ0n) is 23.4. The summed E-state index contributed by atoms with van der Waals surface area (Å²) in [6.45, 7) is -0.0143. The van der Waals surface area contributed by atoms with Crippen LogP contribution in [0.5, 0.6) is 23.0 Å². The molecule has 2 aromatic carbocycles. The highest BCUT2D eigenvalue weighted by atomic mass is 127. The maximum Gasteiger partial charge on any atom is 0.247 e. The number of hydrogen-bond donors (Lipinski definition) is 4. The molecule has 3 atom stereocenters. The van der Waals surface area contributed by atoms with Crippen molar-refractivity contribution in [3.05, 3.63) is 56.7 Å². The van der Waals surface area contributed by atoms with Gasteiger partial charge in [0.2, 0.25) is 18.6 Å². The van der Waals surface area contributed by atoms with E-state index in [4.69, 9.17) is 23.7 Å². The fraction of sp³-hybridized carbons (Fsp3) is 0.448. The second kappa shape index (κ2) is 14.9. The Labute approximate surface area is 257 Å². The van der Waals surface area contributed by atoms with Gasteiger partial charge in [-0.1, -0.05) is 6.07 Å². The molecule has 4 rings (SSSR count). The number of amides is 2. The Hall–Kier alpha value is -3.11. The summed E-state index contributed by atoms with van der Waals surface area (Å²) in [5, 5.41) is 33.2. The van der Waals surface area contributed by atoms with Crippen LogP contribution in [0.25, 0.3) is 0 Å². The lowest BCUT2D eigenvalue weighted by atomic mass is 9.87. The van der Waals surface area contributed by atoms with Crippen LogP contribution in [0.3, 0.4) is 0 Å². The average molecular weight is 699 g/mol. The van der Waals surface area contributed by atoms with Gasteiger partial charge < -0.3 is 49.2 Å². The molecule has 0 bridgehead atoms. The molecule has 42 heavy (non-hydrogen) atoms. The lowest BCUT2D eigenvalue weighted by Crippen LogP contribution is -2.55. The number of aliphatic hydroxyl groups is 3. The van der Waals surface area contributed by atoms with E-state index in [1.165, 1.54) is 25.2 Å². The summed E-state index contributed by atoms with van der Waals surface area (Å²) in [5.74, 6) is 1.09. The van der Waals surface area contributed by atoms with E-state index in [0.717, 1.165) is 5.56 Å². The van der Waals surface area contributed by atoms with Crippen molar-refractivity contribution in [3.8, 4) is 23.0 Å². The highest BCUT2D eigenvalue weighted by Gasteiger charge is 2.41. The second-order valence-corrected chi connectivity index (χ2v) is 10.9. The van der Waals surface area contributed by atoms with E-state index >= 15 is 0 Å². The molecular formula is C29H35IN2O10. The zero-order chi connectivity index (χ0) is 30.2. The fourth-order valence-electron chi connectivity index (χ4n) is 4.85. The average Bonchev–Trinajstić information content (AvgIpc) is 3.47. The van der Waals surface area contributed by atoms with Crippen molar-refractivity contribution in [1.29, 1.82) is 0 Å². The van der Waals surface area contributed by atoms with Gasteiger partial charge in [0.25, 0.3) is 0 Å². The Balaban J connectivity index is 1.71. The highest BCUT2D eigenvalue weighted by molar-refractivity contribution is 14.1. The molecular weight excluding hydrogens is 663 g/mol. The first-order valence-electron chi connectivity index (χ1n) is 13.4. The number of hydrogen-bond acceptors (Lipinski definition) is 10. The number of halogens is 1. The number of ether oxygens (including phenoxy) is 5. The van der Waals surface area contributed by atoms with Gasteiger partial charge in [0.15, 0.2) is 23.0 Å². The minimum Gasteiger partial charge on any atom is -0.493 e. The van der Waals surface area contributed by atoms with E-state index in [1.54, 1.807) is 24.3 Å². The molecule has 2 aromatic rings. The molecule has 0 aromatic heterocycles. The Morgan fingerprint density at radius 3 is 2.62 bits per heavy atom. The van der Waals surface area contributed by atoms with E-state index in [9.17, 15) is 24.9 Å². The highest BCUT2D eigenvalue weighted by Crippen LogP contribution is 2.38. The van der Waals surface area contributed by atoms with Crippen LogP contribution in [0.15, 0.2) is 42.0 Å². The predicted octanol–water partition coefficient (Wildman–Crippen LogP) is 1.50. The van der Waals surface area contributed by atoms with Crippen LogP contribution in [0.1, 0.15) is 24.0 Å². The molecule has 1 heterocycles. The molecule has 0 radical (unpaired) electrons. The summed E-state index contributed by atoms with van der Waals surface area (Å²) in [7, 11) is 2.96. The summed E-state index contributed by atoms with van der Waals surface area (Å²) in [4.78, 5) is 28.2. The van der Waals surface area contributed by atoms with Crippen molar-refractivity contribution in [2.24, 2.45) is 0 Å². The van der Waals surface area contributed by atoms with Crippen LogP contribution in [0.2, 0.25) is 0 Å². The summed E-state index contributed by atoms with van der Waals surface area (Å²) in [5.41, 5.74) is 1.65. The first-order chi connectivity index (χ1) is 20.3. The van der Waals surface area contributed by atoms with Crippen LogP contribution in [0, 0.1) is 3.57 Å². The molecule has 0 saturated heterocycles. The Bertz CT molecular complexity index is 1300. The lowest BCUT2D eigenvalue weighted by Gasteiger charge is -2.40. The van der Waals surface area contributed by atoms with Gasteiger partial charge in [-0.05, 0) is 64.1 Å². The first kappa shape index (κ1) is 31.8. The minimum atomic E-state index is -1.24. The van der Waals surface area contributed by atoms with E-state index in [0.29, 0.717) is 37.7 Å². The fourth-order valence-corrected chi connectivity index (χ4v) is 5.65. The number of carbonyl (C=O) groups excluding carboxylic acids is 2. The monoisotopic (exact) mass is 698 g/mol. The molecule has 4 N–H and O–H groups in total. The van der Waals surface area contributed by atoms with Gasteiger partial charge in [0.1, 0.15) is 12.2 Å². The molecule has 0 spiro atoms. The molecule has 0 saturated carbocycles. The van der Waals surface area contributed by atoms with Crippen LogP contribution in [0.4, 0.5) is 0 Å². The standard InChI is InChI=1S/C29H35IN2O10/c1-38-8-5-26(35)32(14-17-3-4-22-23(10-17)41-16-40-22)21-12-19(29(37)31-6-7-33)13-24(27(21)36)42-28-20(30)9-18(15-34)11-25(28)39-2/h3-4,9-11,13,21,24,27,33-34,36H,5-8,12,14-16H2,1-2H3,(H,31,37). The van der Waals surface area contributed by atoms with Gasteiger partial charge >= 0.3 is 0 Å². The number of rotatable bonds is 13. The smallest absolute Gasteiger partial charge is 0.247 e. The SMILES string of the molecule is COCCC(=O)N(Cc1ccc2c(c1)OCO2)C1CC(C(=O)NCCO)=CC(Oc2c(I)cc(CO)cc2OC)C1O. The van der Waals surface area contributed by atoms with Crippen molar-refractivity contribution in [1.82, 2.24) is 10.2 Å². The number of fused-ring (bicyclic) bond motifs is 1. The van der Waals surface area contributed by atoms with Gasteiger partial charge in [-0.3, -0.25) is 9.59 Å². The Morgan fingerprint density at radius 2 is 1.90 bits per heavy atom. The van der Waals surface area contributed by atoms with E-state index in [-0.39, 0.29) is 58.5 Å². The third-order valence-corrected chi connectivity index (χ3v) is 7.77. The number of carbonyl (C=O) groups is 2. The molecule has 2 aliphatic rings. The van der Waals surface area contributed by atoms with Gasteiger partial charge in [-0.2, -0.15) is 0 Å². The summed E-state index contributed by atoms with van der Waals surface area (Å²) < 4.78 is 28.5. The largest absolute Gasteiger partial charge is 0.493 e. The third kappa shape index (κ3) is 7.45. The van der Waals surface area contributed by atoms with Gasteiger partial charge in [0.05, 0.1) is 43.0 Å². The van der Waals surface area contributed by atoms with Gasteiger partial charge in [0, 0.05) is 32.2 Å². The lowest BCUT2D eigenvalue weighted by molar-refractivity contribution is -0.140. The van der Waals surface area contributed by atoms with Crippen molar-refractivity contribution in [2.75, 3.05) is 40.8 Å². The van der Waals surface area contributed by atoms with E-state index < -0.39 is 24.2 Å². The number of nitrogens with one attached hydrogen (secondary N) is 1. The normalized spacial score (nSPS) is 19.2. The van der Waals surface area contributed by atoms with Crippen molar-refractivity contribution >= 4 is 34.4 Å². The molecule has 13 heteroatoms. The number of benzene rings is 2. The van der Waals surface area contributed by atoms with Crippen LogP contribution < -0.4 is 24.3 Å². The Kier molecular flexibility index (Phi) is 11.3. The van der Waals surface area contributed by atoms with Crippen molar-refractivity contribution in [3.63, 3.8) is 0 Å².